The molecule has 0 saturated carbocycles. The summed E-state index contributed by atoms with van der Waals surface area (Å²) in [5.74, 6) is -2.16. The van der Waals surface area contributed by atoms with Gasteiger partial charge in [-0.15, -0.1) is 4.99 Å². The van der Waals surface area contributed by atoms with E-state index in [0.29, 0.717) is 29.3 Å². The summed E-state index contributed by atoms with van der Waals surface area (Å²) >= 11 is 0. The van der Waals surface area contributed by atoms with Crippen LogP contribution >= 0.6 is 0 Å². The van der Waals surface area contributed by atoms with E-state index in [1.54, 1.807) is 42.7 Å². The Morgan fingerprint density at radius 2 is 1.66 bits per heavy atom. The van der Waals surface area contributed by atoms with Crippen molar-refractivity contribution in [3.63, 3.8) is 0 Å². The maximum atomic E-state index is 13.8. The first-order chi connectivity index (χ1) is 22.7. The van der Waals surface area contributed by atoms with Gasteiger partial charge in [0.15, 0.2) is 0 Å². The minimum Gasteiger partial charge on any atom is -0.459 e. The zero-order valence-electron chi connectivity index (χ0n) is 25.1. The first-order valence-corrected chi connectivity index (χ1v) is 14.9. The first-order valence-electron chi connectivity index (χ1n) is 14.9. The van der Waals surface area contributed by atoms with Gasteiger partial charge in [-0.2, -0.15) is 5.26 Å². The van der Waals surface area contributed by atoms with Gasteiger partial charge in [-0.25, -0.2) is 18.2 Å². The predicted molar refractivity (Wildman–Crippen MR) is 173 cm³/mol. The largest absolute Gasteiger partial charge is 0.459 e. The van der Waals surface area contributed by atoms with Gasteiger partial charge in [0.05, 0.1) is 6.54 Å². The molecule has 238 valence electrons. The lowest BCUT2D eigenvalue weighted by Gasteiger charge is -2.31. The van der Waals surface area contributed by atoms with E-state index < -0.39 is 5.92 Å². The van der Waals surface area contributed by atoms with Gasteiger partial charge in [0.2, 0.25) is 12.2 Å². The normalized spacial score (nSPS) is 14.5. The molecular formula is C35H30F3N7O2. The Bertz CT molecular complexity index is 1960. The number of anilines is 1. The molecule has 0 bridgehead atoms. The lowest BCUT2D eigenvalue weighted by Crippen LogP contribution is -2.42. The number of nitrogen functional groups attached to an aromatic ring is 1. The summed E-state index contributed by atoms with van der Waals surface area (Å²) in [7, 11) is 0. The lowest BCUT2D eigenvalue weighted by molar-refractivity contribution is -0.0494. The van der Waals surface area contributed by atoms with Crippen LogP contribution in [0.25, 0.3) is 33.2 Å². The molecule has 47 heavy (non-hydrogen) atoms. The fourth-order valence-electron chi connectivity index (χ4n) is 5.42. The van der Waals surface area contributed by atoms with Crippen molar-refractivity contribution in [3.8, 4) is 28.4 Å². The highest BCUT2D eigenvalue weighted by Gasteiger charge is 2.35. The minimum atomic E-state index is -2.73. The van der Waals surface area contributed by atoms with Crippen LogP contribution < -0.4 is 16.4 Å². The molecular weight excluding hydrogens is 607 g/mol. The number of nitrogens with zero attached hydrogens (tertiary/aromatic N) is 4. The van der Waals surface area contributed by atoms with E-state index in [9.17, 15) is 23.2 Å². The smallest absolute Gasteiger partial charge is 0.253 e. The number of pyridine rings is 1. The summed E-state index contributed by atoms with van der Waals surface area (Å²) in [6.45, 7) is 0.600. The molecule has 12 heteroatoms. The molecule has 3 aromatic carbocycles. The lowest BCUT2D eigenvalue weighted by atomic mass is 9.96. The molecule has 1 amide bonds. The highest BCUT2D eigenvalue weighted by Crippen LogP contribution is 2.36. The van der Waals surface area contributed by atoms with Gasteiger partial charge < -0.3 is 25.7 Å². The molecule has 1 aliphatic heterocycles. The second-order valence-electron chi connectivity index (χ2n) is 11.2. The average Bonchev–Trinajstić information content (AvgIpc) is 3.49. The molecule has 1 saturated heterocycles. The number of likely N-dealkylation sites (tertiary alicyclic amines) is 1. The summed E-state index contributed by atoms with van der Waals surface area (Å²) in [6.07, 6.45) is 2.73. The van der Waals surface area contributed by atoms with Gasteiger partial charge in [0, 0.05) is 55.2 Å². The van der Waals surface area contributed by atoms with Crippen LogP contribution in [0.5, 0.6) is 0 Å². The quantitative estimate of drug-likeness (QED) is 0.106. The Hall–Kier alpha value is -5.83. The molecule has 0 spiro atoms. The SMILES string of the molecule is N#C/N=C(/NCc1ccc(N)nc1)NCc1cc2cc(-c3ccc(C(=O)N4CCC(F)(F)CC4)cc3)cc(-c3ccc(F)cc3)c2o1. The van der Waals surface area contributed by atoms with Crippen molar-refractivity contribution in [3.05, 3.63) is 108 Å². The molecule has 5 aromatic rings. The number of alkyl halides is 2. The minimum absolute atomic E-state index is 0.0168. The predicted octanol–water partition coefficient (Wildman–Crippen LogP) is 6.47. The molecule has 1 aliphatic rings. The second-order valence-corrected chi connectivity index (χ2v) is 11.2. The Morgan fingerprint density at radius 3 is 2.34 bits per heavy atom. The average molecular weight is 638 g/mol. The van der Waals surface area contributed by atoms with Gasteiger partial charge in [-0.3, -0.25) is 4.79 Å². The van der Waals surface area contributed by atoms with Crippen LogP contribution in [0.3, 0.4) is 0 Å². The number of aromatic nitrogens is 1. The zero-order chi connectivity index (χ0) is 33.0. The van der Waals surface area contributed by atoms with Gasteiger partial charge >= 0.3 is 0 Å². The van der Waals surface area contributed by atoms with Crippen molar-refractivity contribution in [2.24, 2.45) is 4.99 Å². The van der Waals surface area contributed by atoms with E-state index in [4.69, 9.17) is 10.2 Å². The Morgan fingerprint density at radius 1 is 0.957 bits per heavy atom. The third-order valence-electron chi connectivity index (χ3n) is 7.97. The fraction of sp³-hybridized carbons (Fsp3) is 0.200. The number of amides is 1. The first kappa shape index (κ1) is 31.2. The van der Waals surface area contributed by atoms with Crippen molar-refractivity contribution in [2.75, 3.05) is 18.8 Å². The van der Waals surface area contributed by atoms with Gasteiger partial charge in [0.25, 0.3) is 11.8 Å². The molecule has 0 unspecified atom stereocenters. The number of hydrogen-bond donors (Lipinski definition) is 3. The van der Waals surface area contributed by atoms with E-state index >= 15 is 0 Å². The number of rotatable bonds is 7. The van der Waals surface area contributed by atoms with Crippen LogP contribution in [0.2, 0.25) is 0 Å². The van der Waals surface area contributed by atoms with Crippen molar-refractivity contribution in [2.45, 2.75) is 31.9 Å². The number of carbonyl (C=O) groups excluding carboxylic acids is 1. The summed E-state index contributed by atoms with van der Waals surface area (Å²) in [5, 5.41) is 16.1. The van der Waals surface area contributed by atoms with E-state index in [1.165, 1.54) is 17.0 Å². The number of nitriles is 1. The molecule has 6 rings (SSSR count). The van der Waals surface area contributed by atoms with E-state index in [2.05, 4.69) is 20.6 Å². The third kappa shape index (κ3) is 7.36. The molecule has 9 nitrogen and oxygen atoms in total. The molecule has 0 aliphatic carbocycles. The summed E-state index contributed by atoms with van der Waals surface area (Å²) in [5.41, 5.74) is 10.6. The van der Waals surface area contributed by atoms with E-state index in [0.717, 1.165) is 33.2 Å². The molecule has 2 aromatic heterocycles. The number of fused-ring (bicyclic) bond motifs is 1. The van der Waals surface area contributed by atoms with Crippen LogP contribution in [0.4, 0.5) is 19.0 Å². The number of halogens is 3. The van der Waals surface area contributed by atoms with Crippen LogP contribution in [0.1, 0.15) is 34.5 Å². The number of carbonyl (C=O) groups is 1. The monoisotopic (exact) mass is 637 g/mol. The summed E-state index contributed by atoms with van der Waals surface area (Å²) in [4.78, 5) is 22.3. The van der Waals surface area contributed by atoms with Crippen molar-refractivity contribution >= 4 is 28.7 Å². The topological polar surface area (TPSA) is 133 Å². The highest BCUT2D eigenvalue weighted by molar-refractivity contribution is 5.98. The molecule has 4 N–H and O–H groups in total. The number of furan rings is 1. The number of benzene rings is 3. The van der Waals surface area contributed by atoms with Crippen LogP contribution in [0, 0.1) is 17.3 Å². The third-order valence-corrected chi connectivity index (χ3v) is 7.97. The van der Waals surface area contributed by atoms with Crippen molar-refractivity contribution in [1.29, 1.82) is 5.26 Å². The zero-order valence-corrected chi connectivity index (χ0v) is 25.1. The number of nitrogens with two attached hydrogens (primary N) is 1. The standard InChI is InChI=1S/C35H30F3N7O2/c36-28-8-6-24(7-9-28)30-17-26(23-2-4-25(5-3-23)33(46)45-13-11-35(37,38)12-14-45)15-27-16-29(47-32(27)30)20-43-34(44-21-39)42-19-22-1-10-31(40)41-18-22/h1-10,15-18H,11-14,19-20H2,(H2,40,41)(H2,42,43,44). The molecule has 1 fully saturated rings. The van der Waals surface area contributed by atoms with Crippen LogP contribution in [-0.2, 0) is 13.1 Å². The van der Waals surface area contributed by atoms with Gasteiger partial charge in [-0.1, -0.05) is 30.3 Å². The number of hydrogen-bond acceptors (Lipinski definition) is 6. The number of guanidine groups is 1. The van der Waals surface area contributed by atoms with Crippen LogP contribution in [-0.4, -0.2) is 40.8 Å². The Balaban J connectivity index is 1.25. The Labute approximate surface area is 268 Å². The maximum Gasteiger partial charge on any atom is 0.253 e. The number of nitrogens with one attached hydrogen (secondary N) is 2. The molecule has 0 atom stereocenters. The highest BCUT2D eigenvalue weighted by atomic mass is 19.3. The van der Waals surface area contributed by atoms with Gasteiger partial charge in [0.1, 0.15) is 23.0 Å². The van der Waals surface area contributed by atoms with E-state index in [-0.39, 0.29) is 50.2 Å². The van der Waals surface area contributed by atoms with Crippen LogP contribution in [0.15, 0.2) is 94.5 Å². The maximum absolute atomic E-state index is 13.8. The molecule has 0 radical (unpaired) electrons. The van der Waals surface area contributed by atoms with Crippen molar-refractivity contribution < 1.29 is 22.4 Å². The Kier molecular flexibility index (Phi) is 8.79. The van der Waals surface area contributed by atoms with Crippen molar-refractivity contribution in [1.82, 2.24) is 20.5 Å². The second kappa shape index (κ2) is 13.3. The number of piperidine rings is 1. The fourth-order valence-corrected chi connectivity index (χ4v) is 5.42. The number of aliphatic imine (C=N–C) groups is 1. The summed E-state index contributed by atoms with van der Waals surface area (Å²) < 4.78 is 47.3. The van der Waals surface area contributed by atoms with Gasteiger partial charge in [-0.05, 0) is 70.8 Å². The summed E-state index contributed by atoms with van der Waals surface area (Å²) in [6, 6.07) is 22.4. The van der Waals surface area contributed by atoms with E-state index in [1.807, 2.05) is 36.4 Å². The molecule has 3 heterocycles.